The number of nitrogens with one attached hydrogen (secondary N) is 1. The molecule has 0 saturated heterocycles. The molecule has 0 aliphatic heterocycles. The maximum atomic E-state index is 11.0. The summed E-state index contributed by atoms with van der Waals surface area (Å²) in [5.74, 6) is -0.440. The second kappa shape index (κ2) is 5.46. The number of para-hydroxylation sites is 1. The molecular formula is C13H14N2O3. The summed E-state index contributed by atoms with van der Waals surface area (Å²) < 4.78 is 4.85. The molecule has 1 aromatic carbocycles. The molecule has 0 radical (unpaired) electrons. The van der Waals surface area contributed by atoms with Crippen LogP contribution >= 0.6 is 0 Å². The molecule has 2 N–H and O–H groups in total. The van der Waals surface area contributed by atoms with Gasteiger partial charge in [0.25, 0.3) is 0 Å². The fourth-order valence-electron chi connectivity index (χ4n) is 1.67. The number of carboxylic acids is 1. The molecule has 0 aliphatic rings. The average molecular weight is 246 g/mol. The molecule has 1 unspecified atom stereocenters. The van der Waals surface area contributed by atoms with Crippen LogP contribution in [0.25, 0.3) is 10.9 Å². The van der Waals surface area contributed by atoms with Crippen LogP contribution < -0.4 is 5.32 Å². The SMILES string of the molecule is COCC(Nc1ccc2ccccc2n1)C(=O)O. The van der Waals surface area contributed by atoms with E-state index in [1.165, 1.54) is 7.11 Å². The lowest BCUT2D eigenvalue weighted by molar-refractivity contribution is -0.139. The number of aliphatic carboxylic acids is 1. The maximum Gasteiger partial charge on any atom is 0.328 e. The summed E-state index contributed by atoms with van der Waals surface area (Å²) >= 11 is 0. The third-order valence-corrected chi connectivity index (χ3v) is 2.55. The van der Waals surface area contributed by atoms with Crippen LogP contribution in [-0.2, 0) is 9.53 Å². The van der Waals surface area contributed by atoms with Crippen LogP contribution in [-0.4, -0.2) is 35.8 Å². The van der Waals surface area contributed by atoms with Gasteiger partial charge in [0.1, 0.15) is 11.9 Å². The van der Waals surface area contributed by atoms with Crippen molar-refractivity contribution >= 4 is 22.7 Å². The Balaban J connectivity index is 2.22. The van der Waals surface area contributed by atoms with E-state index in [2.05, 4.69) is 10.3 Å². The standard InChI is InChI=1S/C13H14N2O3/c1-18-8-11(13(16)17)15-12-7-6-9-4-2-3-5-10(9)14-12/h2-7,11H,8H2,1H3,(H,14,15)(H,16,17). The Morgan fingerprint density at radius 2 is 2.17 bits per heavy atom. The molecule has 1 atom stereocenters. The lowest BCUT2D eigenvalue weighted by Gasteiger charge is -2.14. The molecule has 0 amide bonds. The van der Waals surface area contributed by atoms with E-state index in [-0.39, 0.29) is 6.61 Å². The van der Waals surface area contributed by atoms with Crippen LogP contribution in [0.3, 0.4) is 0 Å². The highest BCUT2D eigenvalue weighted by Gasteiger charge is 2.17. The fraction of sp³-hybridized carbons (Fsp3) is 0.231. The quantitative estimate of drug-likeness (QED) is 0.841. The van der Waals surface area contributed by atoms with Crippen LogP contribution in [0.15, 0.2) is 36.4 Å². The number of methoxy groups -OCH3 is 1. The van der Waals surface area contributed by atoms with Crippen molar-refractivity contribution in [3.05, 3.63) is 36.4 Å². The number of rotatable bonds is 5. The van der Waals surface area contributed by atoms with Gasteiger partial charge in [0.15, 0.2) is 0 Å². The van der Waals surface area contributed by atoms with Crippen molar-refractivity contribution in [1.82, 2.24) is 4.98 Å². The molecule has 1 heterocycles. The molecule has 0 bridgehead atoms. The highest BCUT2D eigenvalue weighted by atomic mass is 16.5. The van der Waals surface area contributed by atoms with E-state index < -0.39 is 12.0 Å². The largest absolute Gasteiger partial charge is 0.480 e. The number of anilines is 1. The zero-order chi connectivity index (χ0) is 13.0. The zero-order valence-corrected chi connectivity index (χ0v) is 9.96. The molecule has 5 heteroatoms. The van der Waals surface area contributed by atoms with E-state index >= 15 is 0 Å². The molecule has 2 rings (SSSR count). The summed E-state index contributed by atoms with van der Waals surface area (Å²) in [6.45, 7) is 0.0871. The van der Waals surface area contributed by atoms with Gasteiger partial charge < -0.3 is 15.2 Å². The number of ether oxygens (including phenoxy) is 1. The van der Waals surface area contributed by atoms with Gasteiger partial charge in [-0.3, -0.25) is 0 Å². The summed E-state index contributed by atoms with van der Waals surface area (Å²) in [6.07, 6.45) is 0. The third-order valence-electron chi connectivity index (χ3n) is 2.55. The van der Waals surface area contributed by atoms with Gasteiger partial charge in [-0.2, -0.15) is 0 Å². The molecule has 0 saturated carbocycles. The number of carboxylic acid groups (broad SMARTS) is 1. The predicted molar refractivity (Wildman–Crippen MR) is 68.7 cm³/mol. The Morgan fingerprint density at radius 1 is 1.39 bits per heavy atom. The molecule has 94 valence electrons. The Morgan fingerprint density at radius 3 is 2.89 bits per heavy atom. The van der Waals surface area contributed by atoms with E-state index in [0.717, 1.165) is 10.9 Å². The number of fused-ring (bicyclic) bond motifs is 1. The first kappa shape index (κ1) is 12.3. The average Bonchev–Trinajstić information content (AvgIpc) is 2.38. The summed E-state index contributed by atoms with van der Waals surface area (Å²) in [7, 11) is 1.46. The molecular weight excluding hydrogens is 232 g/mol. The first-order valence-electron chi connectivity index (χ1n) is 5.55. The molecule has 0 fully saturated rings. The Kier molecular flexibility index (Phi) is 3.74. The van der Waals surface area contributed by atoms with Crippen LogP contribution in [0.5, 0.6) is 0 Å². The van der Waals surface area contributed by atoms with Gasteiger partial charge in [-0.05, 0) is 18.2 Å². The van der Waals surface area contributed by atoms with Gasteiger partial charge in [-0.1, -0.05) is 18.2 Å². The van der Waals surface area contributed by atoms with Gasteiger partial charge in [0.05, 0.1) is 12.1 Å². The molecule has 1 aromatic heterocycles. The van der Waals surface area contributed by atoms with Crippen molar-refractivity contribution in [1.29, 1.82) is 0 Å². The van der Waals surface area contributed by atoms with E-state index in [1.807, 2.05) is 30.3 Å². The van der Waals surface area contributed by atoms with Crippen LogP contribution in [0.2, 0.25) is 0 Å². The lowest BCUT2D eigenvalue weighted by atomic mass is 10.2. The van der Waals surface area contributed by atoms with E-state index in [9.17, 15) is 4.79 Å². The van der Waals surface area contributed by atoms with Gasteiger partial charge in [-0.25, -0.2) is 9.78 Å². The number of benzene rings is 1. The predicted octanol–water partition coefficient (Wildman–Crippen LogP) is 1.75. The maximum absolute atomic E-state index is 11.0. The van der Waals surface area contributed by atoms with Crippen molar-refractivity contribution in [2.24, 2.45) is 0 Å². The topological polar surface area (TPSA) is 71.5 Å². The van der Waals surface area contributed by atoms with Crippen LogP contribution in [0.1, 0.15) is 0 Å². The molecule has 0 aliphatic carbocycles. The normalized spacial score (nSPS) is 12.3. The second-order valence-electron chi connectivity index (χ2n) is 3.88. The van der Waals surface area contributed by atoms with Crippen LogP contribution in [0, 0.1) is 0 Å². The first-order valence-corrected chi connectivity index (χ1v) is 5.55. The third kappa shape index (κ3) is 2.75. The first-order chi connectivity index (χ1) is 8.70. The van der Waals surface area contributed by atoms with E-state index in [4.69, 9.17) is 9.84 Å². The number of pyridine rings is 1. The molecule has 18 heavy (non-hydrogen) atoms. The van der Waals surface area contributed by atoms with Crippen molar-refractivity contribution in [2.45, 2.75) is 6.04 Å². The smallest absolute Gasteiger partial charge is 0.328 e. The van der Waals surface area contributed by atoms with Crippen LogP contribution in [0.4, 0.5) is 5.82 Å². The summed E-state index contributed by atoms with van der Waals surface area (Å²) in [5, 5.41) is 12.9. The number of carbonyl (C=O) groups is 1. The van der Waals surface area contributed by atoms with E-state index in [1.54, 1.807) is 6.07 Å². The Bertz CT molecular complexity index is 557. The monoisotopic (exact) mass is 246 g/mol. The molecule has 2 aromatic rings. The zero-order valence-electron chi connectivity index (χ0n) is 9.96. The summed E-state index contributed by atoms with van der Waals surface area (Å²) in [4.78, 5) is 15.3. The Hall–Kier alpha value is -2.14. The van der Waals surface area contributed by atoms with Gasteiger partial charge in [-0.15, -0.1) is 0 Å². The van der Waals surface area contributed by atoms with Crippen molar-refractivity contribution < 1.29 is 14.6 Å². The second-order valence-corrected chi connectivity index (χ2v) is 3.88. The Labute approximate surface area is 104 Å². The molecule has 0 spiro atoms. The van der Waals surface area contributed by atoms with E-state index in [0.29, 0.717) is 5.82 Å². The van der Waals surface area contributed by atoms with Crippen molar-refractivity contribution in [2.75, 3.05) is 19.0 Å². The minimum atomic E-state index is -0.966. The molecule has 5 nitrogen and oxygen atoms in total. The lowest BCUT2D eigenvalue weighted by Crippen LogP contribution is -2.33. The van der Waals surface area contributed by atoms with Crippen molar-refractivity contribution in [3.8, 4) is 0 Å². The highest BCUT2D eigenvalue weighted by molar-refractivity contribution is 5.81. The number of nitrogens with zero attached hydrogens (tertiary/aromatic N) is 1. The summed E-state index contributed by atoms with van der Waals surface area (Å²) in [5.41, 5.74) is 0.823. The number of hydrogen-bond acceptors (Lipinski definition) is 4. The van der Waals surface area contributed by atoms with Gasteiger partial charge >= 0.3 is 5.97 Å². The number of hydrogen-bond donors (Lipinski definition) is 2. The fourth-order valence-corrected chi connectivity index (χ4v) is 1.67. The minimum absolute atomic E-state index is 0.0871. The highest BCUT2D eigenvalue weighted by Crippen LogP contribution is 2.15. The van der Waals surface area contributed by atoms with Gasteiger partial charge in [0.2, 0.25) is 0 Å². The van der Waals surface area contributed by atoms with Gasteiger partial charge in [0, 0.05) is 12.5 Å². The number of aromatic nitrogens is 1. The minimum Gasteiger partial charge on any atom is -0.480 e. The van der Waals surface area contributed by atoms with Crippen molar-refractivity contribution in [3.63, 3.8) is 0 Å². The summed E-state index contributed by atoms with van der Waals surface area (Å²) in [6, 6.07) is 10.5.